The third kappa shape index (κ3) is 7.78. The van der Waals surface area contributed by atoms with Crippen LogP contribution in [0.15, 0.2) is 0 Å². The zero-order valence-corrected chi connectivity index (χ0v) is 14.2. The molecule has 0 saturated carbocycles. The number of hydrogen-bond acceptors (Lipinski definition) is 11. The van der Waals surface area contributed by atoms with E-state index in [1.165, 1.54) is 4.90 Å². The van der Waals surface area contributed by atoms with Crippen molar-refractivity contribution in [2.24, 2.45) is 0 Å². The largest absolute Gasteiger partial charge is 0.394 e. The molecule has 0 aliphatic rings. The lowest BCUT2D eigenvalue weighted by Crippen LogP contribution is -2.53. The summed E-state index contributed by atoms with van der Waals surface area (Å²) >= 11 is 0. The monoisotopic (exact) mass is 383 g/mol. The fourth-order valence-corrected chi connectivity index (χ4v) is 2.20. The molecule has 154 valence electrons. The molecule has 0 aliphatic carbocycles. The molecule has 26 heavy (non-hydrogen) atoms. The quantitative estimate of drug-likeness (QED) is 0.135. The van der Waals surface area contributed by atoms with Gasteiger partial charge in [-0.3, -0.25) is 4.90 Å². The van der Waals surface area contributed by atoms with Crippen LogP contribution in [-0.4, -0.2) is 138 Å². The summed E-state index contributed by atoms with van der Waals surface area (Å²) in [6, 6.07) is 0. The van der Waals surface area contributed by atoms with Crippen LogP contribution in [0.25, 0.3) is 0 Å². The van der Waals surface area contributed by atoms with Gasteiger partial charge in [0.2, 0.25) is 0 Å². The van der Waals surface area contributed by atoms with Crippen LogP contribution >= 0.6 is 0 Å². The number of nitrogens with zero attached hydrogens (tertiary/aromatic N) is 1. The van der Waals surface area contributed by atoms with Gasteiger partial charge in [-0.1, -0.05) is 5.92 Å². The van der Waals surface area contributed by atoms with Gasteiger partial charge in [0.1, 0.15) is 36.6 Å². The Kier molecular flexibility index (Phi) is 12.1. The average molecular weight is 383 g/mol. The summed E-state index contributed by atoms with van der Waals surface area (Å²) in [7, 11) is 0. The van der Waals surface area contributed by atoms with Crippen molar-refractivity contribution in [1.29, 1.82) is 0 Å². The molecule has 0 saturated heterocycles. The van der Waals surface area contributed by atoms with Crippen LogP contribution in [0, 0.1) is 12.3 Å². The van der Waals surface area contributed by atoms with E-state index in [0.717, 1.165) is 0 Å². The topological polar surface area (TPSA) is 206 Å². The van der Waals surface area contributed by atoms with E-state index >= 15 is 0 Å². The Morgan fingerprint density at radius 2 is 0.923 bits per heavy atom. The Labute approximate surface area is 151 Å². The minimum absolute atomic E-state index is 0.148. The van der Waals surface area contributed by atoms with Gasteiger partial charge in [-0.15, -0.1) is 6.42 Å². The summed E-state index contributed by atoms with van der Waals surface area (Å²) in [5.74, 6) is 2.22. The Morgan fingerprint density at radius 3 is 1.19 bits per heavy atom. The molecule has 0 aromatic carbocycles. The third-order valence-corrected chi connectivity index (χ3v) is 3.86. The molecule has 0 spiro atoms. The number of aliphatic hydroxyl groups is 10. The van der Waals surface area contributed by atoms with Crippen molar-refractivity contribution in [1.82, 2.24) is 4.90 Å². The van der Waals surface area contributed by atoms with Gasteiger partial charge in [0.25, 0.3) is 0 Å². The van der Waals surface area contributed by atoms with Crippen LogP contribution in [-0.2, 0) is 0 Å². The van der Waals surface area contributed by atoms with Crippen LogP contribution in [0.1, 0.15) is 0 Å². The van der Waals surface area contributed by atoms with Crippen molar-refractivity contribution in [3.8, 4) is 12.3 Å². The lowest BCUT2D eigenvalue weighted by atomic mass is 10.0. The third-order valence-electron chi connectivity index (χ3n) is 3.86. The first-order valence-electron chi connectivity index (χ1n) is 7.92. The maximum Gasteiger partial charge on any atom is 0.111 e. The minimum Gasteiger partial charge on any atom is -0.394 e. The smallest absolute Gasteiger partial charge is 0.111 e. The molecule has 0 radical (unpaired) electrons. The van der Waals surface area contributed by atoms with Crippen molar-refractivity contribution in [2.45, 2.75) is 48.8 Å². The summed E-state index contributed by atoms with van der Waals surface area (Å²) in [5, 5.41) is 94.6. The van der Waals surface area contributed by atoms with Gasteiger partial charge >= 0.3 is 0 Å². The number of rotatable bonds is 13. The Bertz CT molecular complexity index is 390. The maximum absolute atomic E-state index is 9.94. The van der Waals surface area contributed by atoms with Crippen LogP contribution in [0.5, 0.6) is 0 Å². The first kappa shape index (κ1) is 25.1. The molecule has 0 fully saturated rings. The highest BCUT2D eigenvalue weighted by Crippen LogP contribution is 2.10. The molecule has 0 rings (SSSR count). The molecular weight excluding hydrogens is 354 g/mol. The van der Waals surface area contributed by atoms with Gasteiger partial charge in [0.05, 0.1) is 32.0 Å². The van der Waals surface area contributed by atoms with Crippen molar-refractivity contribution in [2.75, 3.05) is 32.8 Å². The Balaban J connectivity index is 4.85. The molecule has 0 heterocycles. The van der Waals surface area contributed by atoms with Crippen LogP contribution in [0.2, 0.25) is 0 Å². The van der Waals surface area contributed by atoms with Gasteiger partial charge in [0, 0.05) is 13.1 Å². The Hall–Kier alpha value is -0.880. The van der Waals surface area contributed by atoms with Crippen molar-refractivity contribution in [3.63, 3.8) is 0 Å². The summed E-state index contributed by atoms with van der Waals surface area (Å²) in [6.07, 6.45) is -8.77. The molecule has 0 unspecified atom stereocenters. The molecule has 11 heteroatoms. The first-order valence-corrected chi connectivity index (χ1v) is 7.92. The second kappa shape index (κ2) is 12.5. The van der Waals surface area contributed by atoms with E-state index in [1.807, 2.05) is 0 Å². The fraction of sp³-hybridized carbons (Fsp3) is 0.867. The van der Waals surface area contributed by atoms with E-state index in [9.17, 15) is 40.9 Å². The molecule has 0 bridgehead atoms. The number of terminal acetylenes is 1. The highest BCUT2D eigenvalue weighted by Gasteiger charge is 2.34. The molecule has 0 amide bonds. The summed E-state index contributed by atoms with van der Waals surface area (Å²) in [4.78, 5) is 1.21. The van der Waals surface area contributed by atoms with Crippen LogP contribution < -0.4 is 0 Å². The van der Waals surface area contributed by atoms with Gasteiger partial charge in [-0.25, -0.2) is 0 Å². The van der Waals surface area contributed by atoms with Crippen molar-refractivity contribution >= 4 is 0 Å². The van der Waals surface area contributed by atoms with Gasteiger partial charge in [-0.2, -0.15) is 0 Å². The highest BCUT2D eigenvalue weighted by molar-refractivity contribution is 4.92. The van der Waals surface area contributed by atoms with Crippen LogP contribution in [0.3, 0.4) is 0 Å². The molecule has 8 atom stereocenters. The number of hydrogen-bond donors (Lipinski definition) is 10. The average Bonchev–Trinajstić information content (AvgIpc) is 2.63. The fourth-order valence-electron chi connectivity index (χ4n) is 2.20. The van der Waals surface area contributed by atoms with Gasteiger partial charge in [-0.05, 0) is 0 Å². The summed E-state index contributed by atoms with van der Waals surface area (Å²) < 4.78 is 0. The Morgan fingerprint density at radius 1 is 0.615 bits per heavy atom. The van der Waals surface area contributed by atoms with E-state index in [4.69, 9.17) is 16.6 Å². The van der Waals surface area contributed by atoms with Crippen LogP contribution in [0.4, 0.5) is 0 Å². The minimum atomic E-state index is -1.83. The van der Waals surface area contributed by atoms with Crippen molar-refractivity contribution in [3.05, 3.63) is 0 Å². The first-order chi connectivity index (χ1) is 12.1. The maximum atomic E-state index is 9.94. The van der Waals surface area contributed by atoms with E-state index in [0.29, 0.717) is 0 Å². The van der Waals surface area contributed by atoms with E-state index in [-0.39, 0.29) is 19.6 Å². The molecule has 11 nitrogen and oxygen atoms in total. The molecule has 0 aromatic rings. The molecule has 0 aromatic heterocycles. The summed E-state index contributed by atoms with van der Waals surface area (Å²) in [6.45, 7) is -2.60. The highest BCUT2D eigenvalue weighted by atomic mass is 16.4. The molecule has 0 aliphatic heterocycles. The van der Waals surface area contributed by atoms with Gasteiger partial charge < -0.3 is 51.1 Å². The lowest BCUT2D eigenvalue weighted by molar-refractivity contribution is -0.129. The zero-order valence-electron chi connectivity index (χ0n) is 14.2. The lowest BCUT2D eigenvalue weighted by Gasteiger charge is -2.32. The van der Waals surface area contributed by atoms with E-state index in [2.05, 4.69) is 5.92 Å². The number of aliphatic hydroxyl groups excluding tert-OH is 10. The predicted octanol–water partition coefficient (Wildman–Crippen LogP) is -6.21. The van der Waals surface area contributed by atoms with E-state index in [1.54, 1.807) is 0 Å². The molecule has 10 N–H and O–H groups in total. The van der Waals surface area contributed by atoms with Gasteiger partial charge in [0.15, 0.2) is 0 Å². The normalized spacial score (nSPS) is 21.3. The predicted molar refractivity (Wildman–Crippen MR) is 87.5 cm³/mol. The van der Waals surface area contributed by atoms with E-state index < -0.39 is 62.0 Å². The molecular formula is C15H29NO10. The second-order valence-corrected chi connectivity index (χ2v) is 6.00. The summed E-state index contributed by atoms with van der Waals surface area (Å²) in [5.41, 5.74) is 0. The standard InChI is InChI=1S/C15H29NO10/c1-2-3-16(4-8(19)12(23)14(25)10(21)6-17)5-9(20)13(24)15(26)11(22)7-18/h1,8-15,17-26H,3-7H2/t8-,9-,10+,11+,12+,13+,14+,15+/m0/s1. The second-order valence-electron chi connectivity index (χ2n) is 6.00. The SMILES string of the molecule is C#CCN(C[C@H](O)[C@@H](O)[C@H](O)[C@H](O)CO)C[C@H](O)[C@@H](O)[C@H](O)[C@H](O)CO. The van der Waals surface area contributed by atoms with Crippen molar-refractivity contribution < 1.29 is 51.1 Å². The zero-order chi connectivity index (χ0) is 20.4.